The average Bonchev–Trinajstić information content (AvgIpc) is 3.15. The number of benzene rings is 1. The number of hydrogen-bond acceptors (Lipinski definition) is 6. The molecular weight excluding hydrogens is 368 g/mol. The molecule has 0 radical (unpaired) electrons. The summed E-state index contributed by atoms with van der Waals surface area (Å²) < 4.78 is 27.1. The monoisotopic (exact) mass is 390 g/mol. The zero-order valence-corrected chi connectivity index (χ0v) is 16.7. The van der Waals surface area contributed by atoms with Gasteiger partial charge in [-0.05, 0) is 12.1 Å². The van der Waals surface area contributed by atoms with Gasteiger partial charge in [-0.25, -0.2) is 18.4 Å². The quantitative estimate of drug-likeness (QED) is 0.669. The summed E-state index contributed by atoms with van der Waals surface area (Å²) in [6.07, 6.45) is 5.15. The van der Waals surface area contributed by atoms with Crippen molar-refractivity contribution in [3.05, 3.63) is 36.4 Å². The van der Waals surface area contributed by atoms with Crippen LogP contribution >= 0.6 is 11.3 Å². The fourth-order valence-corrected chi connectivity index (χ4v) is 5.35. The molecule has 1 fully saturated rings. The largest absolute Gasteiger partial charge is 0.347 e. The van der Waals surface area contributed by atoms with Gasteiger partial charge in [0, 0.05) is 50.1 Å². The Labute approximate surface area is 157 Å². The molecule has 1 saturated heterocycles. The summed E-state index contributed by atoms with van der Waals surface area (Å²) in [6, 6.07) is 5.35. The zero-order valence-electron chi connectivity index (χ0n) is 15.1. The van der Waals surface area contributed by atoms with Crippen LogP contribution in [0.2, 0.25) is 0 Å². The molecule has 0 unspecified atom stereocenters. The van der Waals surface area contributed by atoms with Gasteiger partial charge in [0.25, 0.3) is 0 Å². The summed E-state index contributed by atoms with van der Waals surface area (Å²) in [4.78, 5) is 11.6. The summed E-state index contributed by atoms with van der Waals surface area (Å²) >= 11 is 1.56. The molecule has 8 heteroatoms. The van der Waals surface area contributed by atoms with E-state index in [0.29, 0.717) is 22.2 Å². The first kappa shape index (κ1) is 17.5. The SMILES string of the molecule is CC(C)c1nccn1CC1CN(c2nc3c(S(C)(=O)=O)cccc3s2)C1. The molecule has 0 saturated carbocycles. The number of para-hydroxylation sites is 1. The van der Waals surface area contributed by atoms with Gasteiger partial charge in [0.15, 0.2) is 15.0 Å². The van der Waals surface area contributed by atoms with Crippen molar-refractivity contribution in [2.24, 2.45) is 5.92 Å². The highest BCUT2D eigenvalue weighted by molar-refractivity contribution is 7.91. The number of anilines is 1. The van der Waals surface area contributed by atoms with Crippen LogP contribution in [0, 0.1) is 5.92 Å². The number of rotatable bonds is 5. The van der Waals surface area contributed by atoms with E-state index in [2.05, 4.69) is 33.3 Å². The highest BCUT2D eigenvalue weighted by Crippen LogP contribution is 2.35. The van der Waals surface area contributed by atoms with Gasteiger partial charge >= 0.3 is 0 Å². The summed E-state index contributed by atoms with van der Waals surface area (Å²) in [5.41, 5.74) is 0.593. The minimum absolute atomic E-state index is 0.314. The zero-order chi connectivity index (χ0) is 18.5. The van der Waals surface area contributed by atoms with Crippen LogP contribution in [-0.2, 0) is 16.4 Å². The molecule has 0 amide bonds. The van der Waals surface area contributed by atoms with E-state index in [1.165, 1.54) is 6.26 Å². The molecule has 0 atom stereocenters. The van der Waals surface area contributed by atoms with E-state index >= 15 is 0 Å². The molecule has 1 aliphatic rings. The van der Waals surface area contributed by atoms with Crippen molar-refractivity contribution in [1.82, 2.24) is 14.5 Å². The van der Waals surface area contributed by atoms with Crippen LogP contribution in [0.1, 0.15) is 25.6 Å². The Kier molecular flexibility index (Phi) is 4.27. The molecule has 26 heavy (non-hydrogen) atoms. The third-order valence-corrected chi connectivity index (χ3v) is 6.93. The normalized spacial score (nSPS) is 15.8. The first-order chi connectivity index (χ1) is 12.3. The van der Waals surface area contributed by atoms with Crippen molar-refractivity contribution in [1.29, 1.82) is 0 Å². The van der Waals surface area contributed by atoms with Crippen LogP contribution in [0.5, 0.6) is 0 Å². The number of aromatic nitrogens is 3. The minimum atomic E-state index is -3.27. The fourth-order valence-electron chi connectivity index (χ4n) is 3.44. The third kappa shape index (κ3) is 3.12. The van der Waals surface area contributed by atoms with Gasteiger partial charge in [0.2, 0.25) is 0 Å². The second-order valence-corrected chi connectivity index (χ2v) is 10.2. The van der Waals surface area contributed by atoms with Crippen molar-refractivity contribution < 1.29 is 8.42 Å². The number of sulfone groups is 1. The van der Waals surface area contributed by atoms with Crippen molar-refractivity contribution >= 4 is 36.5 Å². The molecule has 6 nitrogen and oxygen atoms in total. The standard InChI is InChI=1S/C18H22N4O2S2/c1-12(2)17-19-7-8-21(17)9-13-10-22(11-13)18-20-16-14(25-18)5-4-6-15(16)26(3,23)24/h4-8,12-13H,9-11H2,1-3H3. The Balaban J connectivity index is 1.50. The number of fused-ring (bicyclic) bond motifs is 1. The minimum Gasteiger partial charge on any atom is -0.347 e. The maximum atomic E-state index is 12.0. The van der Waals surface area contributed by atoms with Crippen LogP contribution in [0.4, 0.5) is 5.13 Å². The van der Waals surface area contributed by atoms with Gasteiger partial charge in [-0.2, -0.15) is 0 Å². The Bertz CT molecular complexity index is 1050. The van der Waals surface area contributed by atoms with Crippen molar-refractivity contribution in [3.8, 4) is 0 Å². The molecule has 4 rings (SSSR count). The number of imidazole rings is 1. The molecule has 1 aromatic carbocycles. The fraction of sp³-hybridized carbons (Fsp3) is 0.444. The molecule has 0 N–H and O–H groups in total. The number of hydrogen-bond donors (Lipinski definition) is 0. The van der Waals surface area contributed by atoms with Gasteiger partial charge in [0.05, 0.1) is 9.60 Å². The lowest BCUT2D eigenvalue weighted by Crippen LogP contribution is -2.48. The molecule has 138 valence electrons. The highest BCUT2D eigenvalue weighted by Gasteiger charge is 2.30. The maximum absolute atomic E-state index is 12.0. The van der Waals surface area contributed by atoms with E-state index in [0.717, 1.165) is 35.3 Å². The third-order valence-electron chi connectivity index (χ3n) is 4.72. The highest BCUT2D eigenvalue weighted by atomic mass is 32.2. The number of thiazole rings is 1. The van der Waals surface area contributed by atoms with E-state index in [9.17, 15) is 8.42 Å². The molecule has 0 spiro atoms. The van der Waals surface area contributed by atoms with Gasteiger partial charge < -0.3 is 9.47 Å². The predicted molar refractivity (Wildman–Crippen MR) is 105 cm³/mol. The summed E-state index contributed by atoms with van der Waals surface area (Å²) in [6.45, 7) is 7.15. The molecule has 1 aliphatic heterocycles. The first-order valence-electron chi connectivity index (χ1n) is 8.68. The second-order valence-electron chi connectivity index (χ2n) is 7.24. The molecule has 2 aromatic heterocycles. The van der Waals surface area contributed by atoms with E-state index in [4.69, 9.17) is 0 Å². The lowest BCUT2D eigenvalue weighted by molar-refractivity contribution is 0.350. The second kappa shape index (κ2) is 6.35. The Morgan fingerprint density at radius 3 is 2.77 bits per heavy atom. The lowest BCUT2D eigenvalue weighted by Gasteiger charge is -2.39. The van der Waals surface area contributed by atoms with Gasteiger partial charge in [-0.3, -0.25) is 0 Å². The van der Waals surface area contributed by atoms with E-state index in [-0.39, 0.29) is 0 Å². The van der Waals surface area contributed by atoms with Crippen LogP contribution in [-0.4, -0.2) is 42.3 Å². The Morgan fingerprint density at radius 1 is 1.31 bits per heavy atom. The summed E-state index contributed by atoms with van der Waals surface area (Å²) in [7, 11) is -3.27. The molecule has 0 aliphatic carbocycles. The van der Waals surface area contributed by atoms with Crippen LogP contribution in [0.25, 0.3) is 10.2 Å². The summed E-state index contributed by atoms with van der Waals surface area (Å²) in [5.74, 6) is 2.10. The smallest absolute Gasteiger partial charge is 0.186 e. The first-order valence-corrected chi connectivity index (χ1v) is 11.4. The average molecular weight is 391 g/mol. The van der Waals surface area contributed by atoms with Gasteiger partial charge in [-0.1, -0.05) is 31.3 Å². The van der Waals surface area contributed by atoms with Crippen molar-refractivity contribution in [2.75, 3.05) is 24.2 Å². The van der Waals surface area contributed by atoms with Gasteiger partial charge in [-0.15, -0.1) is 0 Å². The topological polar surface area (TPSA) is 68.1 Å². The van der Waals surface area contributed by atoms with E-state index < -0.39 is 9.84 Å². The lowest BCUT2D eigenvalue weighted by atomic mass is 10.0. The maximum Gasteiger partial charge on any atom is 0.186 e. The van der Waals surface area contributed by atoms with Crippen LogP contribution in [0.15, 0.2) is 35.5 Å². The van der Waals surface area contributed by atoms with Crippen LogP contribution < -0.4 is 4.90 Å². The molecule has 3 aromatic rings. The van der Waals surface area contributed by atoms with Crippen molar-refractivity contribution in [3.63, 3.8) is 0 Å². The van der Waals surface area contributed by atoms with Crippen molar-refractivity contribution in [2.45, 2.75) is 31.2 Å². The van der Waals surface area contributed by atoms with Crippen LogP contribution in [0.3, 0.4) is 0 Å². The van der Waals surface area contributed by atoms with E-state index in [1.807, 2.05) is 18.5 Å². The predicted octanol–water partition coefficient (Wildman–Crippen LogP) is 3.16. The van der Waals surface area contributed by atoms with E-state index in [1.54, 1.807) is 23.5 Å². The molecule has 0 bridgehead atoms. The molecule has 3 heterocycles. The Morgan fingerprint density at radius 2 is 2.08 bits per heavy atom. The Hall–Kier alpha value is -1.93. The van der Waals surface area contributed by atoms with Gasteiger partial charge in [0.1, 0.15) is 11.3 Å². The molecular formula is C18H22N4O2S2. The number of nitrogens with zero attached hydrogens (tertiary/aromatic N) is 4. The summed E-state index contributed by atoms with van der Waals surface area (Å²) in [5, 5.41) is 0.905.